The van der Waals surface area contributed by atoms with Crippen LogP contribution < -0.4 is 15.4 Å². The molecule has 1 amide bonds. The first kappa shape index (κ1) is 35.4. The number of sulfonamides is 1. The molecule has 1 saturated carbocycles. The zero-order chi connectivity index (χ0) is 34.3. The van der Waals surface area contributed by atoms with Crippen LogP contribution in [0.2, 0.25) is 0 Å². The van der Waals surface area contributed by atoms with Crippen molar-refractivity contribution in [2.24, 2.45) is 0 Å². The van der Waals surface area contributed by atoms with Gasteiger partial charge in [-0.1, -0.05) is 18.2 Å². The Kier molecular flexibility index (Phi) is 11.6. The van der Waals surface area contributed by atoms with Crippen molar-refractivity contribution in [3.63, 3.8) is 0 Å². The molecular weight excluding hydrogens is 629 g/mol. The van der Waals surface area contributed by atoms with Crippen LogP contribution in [0.5, 0.6) is 5.75 Å². The summed E-state index contributed by atoms with van der Waals surface area (Å²) in [6.45, 7) is 2.39. The number of methoxy groups -OCH3 is 1. The molecule has 1 aliphatic rings. The molecule has 0 unspecified atom stereocenters. The summed E-state index contributed by atoms with van der Waals surface area (Å²) in [6.07, 6.45) is 2.74. The predicted octanol–water partition coefficient (Wildman–Crippen LogP) is 4.45. The number of likely N-dealkylation sites (N-methyl/N-ethyl adjacent to an activating group) is 1. The van der Waals surface area contributed by atoms with E-state index < -0.39 is 27.7 Å². The molecule has 13 heteroatoms. The predicted molar refractivity (Wildman–Crippen MR) is 178 cm³/mol. The number of carbonyl (C=O) groups is 2. The number of ether oxygens (including phenoxy) is 3. The number of amides is 1. The Bertz CT molecular complexity index is 1760. The SMILES string of the molecule is CNC(=O)/C(=C(/C)c1ccc(F)cc1)c1cc(C2CC2)c(N(CCOCCOCc2ccc(C(=O)OC)c(N)c2)S(C)(=O)=O)cc1O. The first-order valence-corrected chi connectivity index (χ1v) is 16.9. The highest BCUT2D eigenvalue weighted by Crippen LogP contribution is 2.48. The largest absolute Gasteiger partial charge is 0.507 e. The van der Waals surface area contributed by atoms with E-state index in [1.807, 2.05) is 0 Å². The second kappa shape index (κ2) is 15.4. The molecule has 0 spiro atoms. The fourth-order valence-corrected chi connectivity index (χ4v) is 6.14. The Balaban J connectivity index is 1.48. The minimum atomic E-state index is -3.79. The molecule has 47 heavy (non-hydrogen) atoms. The van der Waals surface area contributed by atoms with Gasteiger partial charge in [-0.25, -0.2) is 17.6 Å². The van der Waals surface area contributed by atoms with Crippen LogP contribution in [-0.4, -0.2) is 72.2 Å². The standard InChI is InChI=1S/C34H40FN3O8S/c1-21(23-8-10-25(35)11-9-23)32(33(40)37-2)28-18-27(24-6-7-24)30(19-31(28)39)38(47(4,42)43)13-14-45-15-16-46-20-22-5-12-26(29(36)17-22)34(41)44-3/h5,8-12,17-19,24,39H,6-7,13-16,20,36H2,1-4H3,(H,37,40)/b32-21-. The molecular formula is C34H40FN3O8S. The second-order valence-electron chi connectivity index (χ2n) is 11.2. The Morgan fingerprint density at radius 3 is 2.30 bits per heavy atom. The summed E-state index contributed by atoms with van der Waals surface area (Å²) < 4.78 is 56.8. The number of phenolic OH excluding ortho intramolecular Hbond substituents is 1. The van der Waals surface area contributed by atoms with Crippen LogP contribution in [0, 0.1) is 5.82 Å². The van der Waals surface area contributed by atoms with Gasteiger partial charge in [-0.2, -0.15) is 0 Å². The van der Waals surface area contributed by atoms with E-state index in [4.69, 9.17) is 19.9 Å². The van der Waals surface area contributed by atoms with Crippen molar-refractivity contribution < 1.29 is 41.7 Å². The molecule has 252 valence electrons. The summed E-state index contributed by atoms with van der Waals surface area (Å²) in [5.41, 5.74) is 9.81. The van der Waals surface area contributed by atoms with Gasteiger partial charge in [0.25, 0.3) is 5.91 Å². The monoisotopic (exact) mass is 669 g/mol. The quantitative estimate of drug-likeness (QED) is 0.0699. The van der Waals surface area contributed by atoms with Crippen molar-refractivity contribution in [1.82, 2.24) is 5.32 Å². The maximum atomic E-state index is 13.6. The van der Waals surface area contributed by atoms with Crippen molar-refractivity contribution in [2.75, 3.05) is 56.8 Å². The summed E-state index contributed by atoms with van der Waals surface area (Å²) in [4.78, 5) is 24.8. The fourth-order valence-electron chi connectivity index (χ4n) is 5.22. The van der Waals surface area contributed by atoms with E-state index >= 15 is 0 Å². The molecule has 3 aromatic rings. The lowest BCUT2D eigenvalue weighted by molar-refractivity contribution is -0.115. The van der Waals surface area contributed by atoms with Gasteiger partial charge in [-0.05, 0) is 78.3 Å². The molecule has 4 rings (SSSR count). The molecule has 11 nitrogen and oxygen atoms in total. The third-order valence-electron chi connectivity index (χ3n) is 7.81. The van der Waals surface area contributed by atoms with Crippen LogP contribution in [0.15, 0.2) is 54.6 Å². The first-order chi connectivity index (χ1) is 22.3. The smallest absolute Gasteiger partial charge is 0.339 e. The zero-order valence-corrected chi connectivity index (χ0v) is 27.7. The number of hydrogen-bond acceptors (Lipinski definition) is 9. The number of hydrogen-bond donors (Lipinski definition) is 3. The highest BCUT2D eigenvalue weighted by atomic mass is 32.2. The third kappa shape index (κ3) is 8.88. The fraction of sp³-hybridized carbons (Fsp3) is 0.353. The Hall–Kier alpha value is -4.46. The molecule has 0 radical (unpaired) electrons. The summed E-state index contributed by atoms with van der Waals surface area (Å²) in [7, 11) is -1.03. The molecule has 0 saturated heterocycles. The Morgan fingerprint density at radius 2 is 1.70 bits per heavy atom. The highest BCUT2D eigenvalue weighted by Gasteiger charge is 2.33. The molecule has 0 atom stereocenters. The third-order valence-corrected chi connectivity index (χ3v) is 8.99. The topological polar surface area (TPSA) is 157 Å². The molecule has 4 N–H and O–H groups in total. The number of nitrogens with one attached hydrogen (secondary N) is 1. The maximum absolute atomic E-state index is 13.6. The molecule has 1 aliphatic carbocycles. The van der Waals surface area contributed by atoms with Gasteiger partial charge in [0, 0.05) is 24.4 Å². The number of carbonyl (C=O) groups excluding carboxylic acids is 2. The normalized spacial score (nSPS) is 13.6. The van der Waals surface area contributed by atoms with Crippen LogP contribution in [-0.2, 0) is 35.6 Å². The molecule has 0 aromatic heterocycles. The number of aromatic hydroxyl groups is 1. The summed E-state index contributed by atoms with van der Waals surface area (Å²) in [5.74, 6) is -1.61. The summed E-state index contributed by atoms with van der Waals surface area (Å²) >= 11 is 0. The molecule has 0 aliphatic heterocycles. The van der Waals surface area contributed by atoms with E-state index in [0.717, 1.165) is 24.7 Å². The van der Waals surface area contributed by atoms with Gasteiger partial charge in [-0.15, -0.1) is 0 Å². The number of benzene rings is 3. The lowest BCUT2D eigenvalue weighted by Gasteiger charge is -2.26. The van der Waals surface area contributed by atoms with Gasteiger partial charge in [0.2, 0.25) is 10.0 Å². The molecule has 3 aromatic carbocycles. The van der Waals surface area contributed by atoms with Gasteiger partial charge in [0.1, 0.15) is 11.6 Å². The van der Waals surface area contributed by atoms with E-state index in [9.17, 15) is 27.5 Å². The number of rotatable bonds is 15. The number of allylic oxidation sites excluding steroid dienone is 1. The molecule has 1 fully saturated rings. The maximum Gasteiger partial charge on any atom is 0.339 e. The number of phenols is 1. The van der Waals surface area contributed by atoms with Gasteiger partial charge in [0.05, 0.1) is 63.2 Å². The van der Waals surface area contributed by atoms with Crippen molar-refractivity contribution in [2.45, 2.75) is 32.3 Å². The van der Waals surface area contributed by atoms with Crippen LogP contribution in [0.1, 0.15) is 58.3 Å². The average molecular weight is 670 g/mol. The number of anilines is 2. The van der Waals surface area contributed by atoms with Crippen molar-refractivity contribution >= 4 is 44.4 Å². The average Bonchev–Trinajstić information content (AvgIpc) is 3.88. The Morgan fingerprint density at radius 1 is 1.02 bits per heavy atom. The van der Waals surface area contributed by atoms with E-state index in [0.29, 0.717) is 22.4 Å². The summed E-state index contributed by atoms with van der Waals surface area (Å²) in [6, 6.07) is 13.7. The minimum Gasteiger partial charge on any atom is -0.507 e. The zero-order valence-electron chi connectivity index (χ0n) is 26.8. The first-order valence-electron chi connectivity index (χ1n) is 15.0. The number of halogens is 1. The lowest BCUT2D eigenvalue weighted by Crippen LogP contribution is -2.34. The van der Waals surface area contributed by atoms with E-state index in [1.54, 1.807) is 43.3 Å². The van der Waals surface area contributed by atoms with Crippen molar-refractivity contribution in [3.05, 3.63) is 88.2 Å². The number of nitrogens with zero attached hydrogens (tertiary/aromatic N) is 1. The van der Waals surface area contributed by atoms with Crippen molar-refractivity contribution in [3.8, 4) is 5.75 Å². The minimum absolute atomic E-state index is 0.0182. The van der Waals surface area contributed by atoms with E-state index in [2.05, 4.69) is 5.32 Å². The van der Waals surface area contributed by atoms with Gasteiger partial charge >= 0.3 is 5.97 Å². The van der Waals surface area contributed by atoms with Gasteiger partial charge in [0.15, 0.2) is 0 Å². The number of esters is 1. The molecule has 0 bridgehead atoms. The van der Waals surface area contributed by atoms with Crippen LogP contribution in [0.4, 0.5) is 15.8 Å². The van der Waals surface area contributed by atoms with Crippen LogP contribution in [0.25, 0.3) is 11.1 Å². The molecule has 0 heterocycles. The van der Waals surface area contributed by atoms with Crippen LogP contribution in [0.3, 0.4) is 0 Å². The Labute approximate surface area is 274 Å². The van der Waals surface area contributed by atoms with E-state index in [-0.39, 0.29) is 67.0 Å². The number of nitrogen functional groups attached to an aromatic ring is 1. The number of nitrogens with two attached hydrogens (primary N) is 1. The van der Waals surface area contributed by atoms with Crippen LogP contribution >= 0.6 is 0 Å². The van der Waals surface area contributed by atoms with Crippen molar-refractivity contribution in [1.29, 1.82) is 0 Å². The highest BCUT2D eigenvalue weighted by molar-refractivity contribution is 7.92. The summed E-state index contributed by atoms with van der Waals surface area (Å²) in [5, 5.41) is 13.9. The van der Waals surface area contributed by atoms with Gasteiger partial charge < -0.3 is 30.4 Å². The van der Waals surface area contributed by atoms with Gasteiger partial charge in [-0.3, -0.25) is 9.10 Å². The van der Waals surface area contributed by atoms with E-state index in [1.165, 1.54) is 36.7 Å². The lowest BCUT2D eigenvalue weighted by atomic mass is 9.91. The second-order valence-corrected chi connectivity index (χ2v) is 13.1.